The van der Waals surface area contributed by atoms with E-state index in [1.807, 2.05) is 0 Å². The highest BCUT2D eigenvalue weighted by Gasteiger charge is 2.09. The van der Waals surface area contributed by atoms with Crippen molar-refractivity contribution in [3.63, 3.8) is 0 Å². The molecule has 0 radical (unpaired) electrons. The number of aromatic nitrogens is 1. The van der Waals surface area contributed by atoms with E-state index in [9.17, 15) is 0 Å². The fraction of sp³-hybridized carbons (Fsp3) is 0.200. The van der Waals surface area contributed by atoms with Crippen LogP contribution in [0.25, 0.3) is 5.69 Å². The molecule has 1 aromatic heterocycles. The third-order valence-corrected chi connectivity index (χ3v) is 3.20. The molecule has 0 aliphatic carbocycles. The maximum absolute atomic E-state index is 5.34. The van der Waals surface area contributed by atoms with Crippen LogP contribution in [0.1, 0.15) is 22.5 Å². The Morgan fingerprint density at radius 1 is 1.30 bits per heavy atom. The molecule has 4 nitrogen and oxygen atoms in total. The van der Waals surface area contributed by atoms with Crippen LogP contribution in [0, 0.1) is 20.8 Å². The summed E-state index contributed by atoms with van der Waals surface area (Å²) in [5.74, 6) is 0. The van der Waals surface area contributed by atoms with E-state index >= 15 is 0 Å². The van der Waals surface area contributed by atoms with Gasteiger partial charge in [0.2, 0.25) is 0 Å². The van der Waals surface area contributed by atoms with Gasteiger partial charge in [0.05, 0.1) is 6.21 Å². The second kappa shape index (κ2) is 5.88. The Morgan fingerprint density at radius 3 is 2.70 bits per heavy atom. The van der Waals surface area contributed by atoms with Crippen molar-refractivity contribution >= 4 is 23.5 Å². The minimum Gasteiger partial charge on any atom is -0.375 e. The van der Waals surface area contributed by atoms with Gasteiger partial charge in [0.1, 0.15) is 0 Å². The Hall–Kier alpha value is -2.14. The van der Waals surface area contributed by atoms with Gasteiger partial charge in [0.15, 0.2) is 5.11 Å². The van der Waals surface area contributed by atoms with Gasteiger partial charge in [-0.05, 0) is 56.8 Å². The Labute approximate surface area is 124 Å². The van der Waals surface area contributed by atoms with E-state index in [-0.39, 0.29) is 5.11 Å². The van der Waals surface area contributed by atoms with E-state index in [4.69, 9.17) is 18.0 Å². The number of hydrazone groups is 1. The highest BCUT2D eigenvalue weighted by atomic mass is 32.1. The fourth-order valence-corrected chi connectivity index (χ4v) is 2.30. The van der Waals surface area contributed by atoms with E-state index in [2.05, 4.69) is 66.2 Å². The molecule has 20 heavy (non-hydrogen) atoms. The largest absolute Gasteiger partial charge is 0.375 e. The smallest absolute Gasteiger partial charge is 0.184 e. The molecule has 104 valence electrons. The lowest BCUT2D eigenvalue weighted by Crippen LogP contribution is -2.24. The van der Waals surface area contributed by atoms with Crippen molar-refractivity contribution in [1.82, 2.24) is 9.99 Å². The van der Waals surface area contributed by atoms with Crippen LogP contribution in [-0.4, -0.2) is 15.9 Å². The number of nitrogens with zero attached hydrogens (tertiary/aromatic N) is 2. The molecule has 2 aromatic rings. The molecule has 0 aliphatic rings. The van der Waals surface area contributed by atoms with Gasteiger partial charge in [-0.3, -0.25) is 5.43 Å². The second-order valence-electron chi connectivity index (χ2n) is 4.74. The zero-order valence-electron chi connectivity index (χ0n) is 11.8. The molecule has 0 saturated carbocycles. The molecule has 0 fully saturated rings. The van der Waals surface area contributed by atoms with E-state index in [1.54, 1.807) is 6.21 Å². The Kier molecular flexibility index (Phi) is 4.20. The Bertz CT molecular complexity index is 671. The molecular formula is C15H18N4S. The van der Waals surface area contributed by atoms with Crippen molar-refractivity contribution in [1.29, 1.82) is 0 Å². The van der Waals surface area contributed by atoms with Crippen LogP contribution < -0.4 is 11.2 Å². The number of aryl methyl sites for hydroxylation is 2. The number of nitrogens with one attached hydrogen (secondary N) is 1. The molecule has 1 heterocycles. The Morgan fingerprint density at radius 2 is 2.05 bits per heavy atom. The Balaban J connectivity index is 2.39. The minimum absolute atomic E-state index is 0.161. The molecule has 0 aliphatic heterocycles. The van der Waals surface area contributed by atoms with E-state index in [0.717, 1.165) is 22.6 Å². The number of nitrogens with two attached hydrogens (primary N) is 1. The average Bonchev–Trinajstić information content (AvgIpc) is 2.64. The van der Waals surface area contributed by atoms with Gasteiger partial charge < -0.3 is 10.3 Å². The second-order valence-corrected chi connectivity index (χ2v) is 5.17. The standard InChI is InChI=1S/C15H18N4S/c1-10-5-4-6-14(7-10)19-11(2)8-13(12(19)3)9-17-18-15(16)20/h4-9H,1-3H3,(H3,16,18,20). The number of thiocarbonyl (C=S) groups is 1. The summed E-state index contributed by atoms with van der Waals surface area (Å²) in [5.41, 5.74) is 13.6. The third kappa shape index (κ3) is 3.05. The summed E-state index contributed by atoms with van der Waals surface area (Å²) in [6.45, 7) is 6.23. The minimum atomic E-state index is 0.161. The van der Waals surface area contributed by atoms with Crippen LogP contribution in [0.5, 0.6) is 0 Å². The van der Waals surface area contributed by atoms with Gasteiger partial charge in [-0.25, -0.2) is 0 Å². The van der Waals surface area contributed by atoms with Gasteiger partial charge in [0.25, 0.3) is 0 Å². The van der Waals surface area contributed by atoms with Gasteiger partial charge in [0, 0.05) is 22.6 Å². The van der Waals surface area contributed by atoms with Crippen molar-refractivity contribution in [3.8, 4) is 5.69 Å². The normalized spacial score (nSPS) is 10.9. The molecule has 3 N–H and O–H groups in total. The topological polar surface area (TPSA) is 55.3 Å². The first-order valence-electron chi connectivity index (χ1n) is 6.33. The first-order chi connectivity index (χ1) is 9.49. The van der Waals surface area contributed by atoms with Gasteiger partial charge >= 0.3 is 0 Å². The van der Waals surface area contributed by atoms with Gasteiger partial charge in [-0.1, -0.05) is 12.1 Å². The van der Waals surface area contributed by atoms with Crippen LogP contribution >= 0.6 is 12.2 Å². The lowest BCUT2D eigenvalue weighted by Gasteiger charge is -2.10. The van der Waals surface area contributed by atoms with E-state index < -0.39 is 0 Å². The summed E-state index contributed by atoms with van der Waals surface area (Å²) < 4.78 is 2.20. The SMILES string of the molecule is Cc1cccc(-n2c(C)cc(C=NNC(N)=S)c2C)c1. The number of hydrogen-bond acceptors (Lipinski definition) is 2. The molecule has 5 heteroatoms. The molecule has 0 bridgehead atoms. The van der Waals surface area contributed by atoms with Crippen molar-refractivity contribution < 1.29 is 0 Å². The molecular weight excluding hydrogens is 268 g/mol. The average molecular weight is 286 g/mol. The quantitative estimate of drug-likeness (QED) is 0.518. The molecule has 0 unspecified atom stereocenters. The maximum atomic E-state index is 5.34. The monoisotopic (exact) mass is 286 g/mol. The van der Waals surface area contributed by atoms with Gasteiger partial charge in [-0.15, -0.1) is 0 Å². The molecule has 0 amide bonds. The molecule has 0 atom stereocenters. The van der Waals surface area contributed by atoms with Crippen molar-refractivity contribution in [2.24, 2.45) is 10.8 Å². The highest BCUT2D eigenvalue weighted by Crippen LogP contribution is 2.20. The van der Waals surface area contributed by atoms with Crippen LogP contribution in [-0.2, 0) is 0 Å². The first-order valence-corrected chi connectivity index (χ1v) is 6.74. The molecule has 0 spiro atoms. The number of rotatable bonds is 3. The van der Waals surface area contributed by atoms with Crippen LogP contribution in [0.4, 0.5) is 0 Å². The lowest BCUT2D eigenvalue weighted by atomic mass is 10.2. The third-order valence-electron chi connectivity index (χ3n) is 3.11. The number of hydrogen-bond donors (Lipinski definition) is 2. The predicted octanol–water partition coefficient (Wildman–Crippen LogP) is 2.57. The van der Waals surface area contributed by atoms with Crippen LogP contribution in [0.3, 0.4) is 0 Å². The zero-order chi connectivity index (χ0) is 14.7. The van der Waals surface area contributed by atoms with Crippen molar-refractivity contribution in [3.05, 3.63) is 52.8 Å². The molecule has 0 saturated heterocycles. The summed E-state index contributed by atoms with van der Waals surface area (Å²) in [5, 5.41) is 4.17. The summed E-state index contributed by atoms with van der Waals surface area (Å²) in [7, 11) is 0. The predicted molar refractivity (Wildman–Crippen MR) is 87.5 cm³/mol. The van der Waals surface area contributed by atoms with Gasteiger partial charge in [-0.2, -0.15) is 5.10 Å². The van der Waals surface area contributed by atoms with E-state index in [1.165, 1.54) is 5.56 Å². The summed E-state index contributed by atoms with van der Waals surface area (Å²) >= 11 is 4.71. The van der Waals surface area contributed by atoms with E-state index in [0.29, 0.717) is 0 Å². The zero-order valence-corrected chi connectivity index (χ0v) is 12.7. The fourth-order valence-electron chi connectivity index (χ4n) is 2.25. The lowest BCUT2D eigenvalue weighted by molar-refractivity contribution is 0.962. The number of benzene rings is 1. The molecule has 1 aromatic carbocycles. The first kappa shape index (κ1) is 14.3. The summed E-state index contributed by atoms with van der Waals surface area (Å²) in [6, 6.07) is 10.5. The van der Waals surface area contributed by atoms with Crippen molar-refractivity contribution in [2.45, 2.75) is 20.8 Å². The summed E-state index contributed by atoms with van der Waals surface area (Å²) in [4.78, 5) is 0. The highest BCUT2D eigenvalue weighted by molar-refractivity contribution is 7.80. The summed E-state index contributed by atoms with van der Waals surface area (Å²) in [6.07, 6.45) is 1.73. The van der Waals surface area contributed by atoms with Crippen LogP contribution in [0.15, 0.2) is 35.4 Å². The maximum Gasteiger partial charge on any atom is 0.184 e. The van der Waals surface area contributed by atoms with Crippen molar-refractivity contribution in [2.75, 3.05) is 0 Å². The molecule has 2 rings (SSSR count). The van der Waals surface area contributed by atoms with Crippen LogP contribution in [0.2, 0.25) is 0 Å².